The van der Waals surface area contributed by atoms with Crippen LogP contribution in [0.1, 0.15) is 49.7 Å². The number of hydrogen-bond donors (Lipinski definition) is 1. The number of hydrogen-bond acceptors (Lipinski definition) is 5. The molecule has 2 saturated heterocycles. The molecule has 1 N–H and O–H groups in total. The number of phenols is 1. The van der Waals surface area contributed by atoms with Gasteiger partial charge in [0.15, 0.2) is 5.13 Å². The molecule has 5 heteroatoms. The van der Waals surface area contributed by atoms with Gasteiger partial charge in [-0.1, -0.05) is 6.07 Å². The molecule has 4 aliphatic carbocycles. The van der Waals surface area contributed by atoms with Crippen molar-refractivity contribution in [3.63, 3.8) is 0 Å². The molecular formula is C26H31N3OS. The molecule has 6 aliphatic rings. The second-order valence-electron chi connectivity index (χ2n) is 11.4. The molecule has 31 heavy (non-hydrogen) atoms. The highest BCUT2D eigenvalue weighted by Gasteiger charge is 2.76. The number of aromatic hydroxyl groups is 1. The van der Waals surface area contributed by atoms with E-state index in [1.807, 2.05) is 23.6 Å². The Morgan fingerprint density at radius 3 is 2.97 bits per heavy atom. The topological polar surface area (TPSA) is 39.6 Å². The Hall–Kier alpha value is -1.59. The van der Waals surface area contributed by atoms with Crippen LogP contribution in [0, 0.1) is 23.2 Å². The van der Waals surface area contributed by atoms with Crippen LogP contribution in [0.5, 0.6) is 5.75 Å². The summed E-state index contributed by atoms with van der Waals surface area (Å²) in [7, 11) is 0. The smallest absolute Gasteiger partial charge is 0.185 e. The number of aromatic nitrogens is 1. The lowest BCUT2D eigenvalue weighted by molar-refractivity contribution is -0.0920. The lowest BCUT2D eigenvalue weighted by Gasteiger charge is -2.66. The van der Waals surface area contributed by atoms with Crippen LogP contribution in [0.2, 0.25) is 0 Å². The lowest BCUT2D eigenvalue weighted by atomic mass is 9.43. The summed E-state index contributed by atoms with van der Waals surface area (Å²) in [5.41, 5.74) is 3.74. The summed E-state index contributed by atoms with van der Waals surface area (Å²) in [6.45, 7) is 3.78. The number of benzene rings is 1. The van der Waals surface area contributed by atoms with Crippen molar-refractivity contribution in [2.24, 2.45) is 23.2 Å². The number of thiazole rings is 1. The molecular weight excluding hydrogens is 402 g/mol. The molecule has 0 radical (unpaired) electrons. The van der Waals surface area contributed by atoms with Gasteiger partial charge in [-0.05, 0) is 97.9 Å². The van der Waals surface area contributed by atoms with Crippen LogP contribution in [0.4, 0.5) is 5.13 Å². The lowest BCUT2D eigenvalue weighted by Crippen LogP contribution is -2.69. The summed E-state index contributed by atoms with van der Waals surface area (Å²) in [6.07, 6.45) is 11.4. The maximum atomic E-state index is 10.6. The highest BCUT2D eigenvalue weighted by atomic mass is 32.1. The Balaban J connectivity index is 1.31. The molecule has 5 fully saturated rings. The van der Waals surface area contributed by atoms with E-state index in [0.717, 1.165) is 17.8 Å². The molecule has 0 spiro atoms. The maximum absolute atomic E-state index is 10.6. The number of nitrogens with zero attached hydrogens (tertiary/aromatic N) is 3. The van der Waals surface area contributed by atoms with Crippen molar-refractivity contribution >= 4 is 16.5 Å². The summed E-state index contributed by atoms with van der Waals surface area (Å²) >= 11 is 1.81. The third kappa shape index (κ3) is 2.09. The summed E-state index contributed by atoms with van der Waals surface area (Å²) in [5, 5.41) is 13.9. The van der Waals surface area contributed by atoms with Gasteiger partial charge in [0.25, 0.3) is 0 Å². The van der Waals surface area contributed by atoms with Crippen LogP contribution < -0.4 is 4.90 Å². The first-order chi connectivity index (χ1) is 15.2. The van der Waals surface area contributed by atoms with E-state index < -0.39 is 0 Å². The van der Waals surface area contributed by atoms with Gasteiger partial charge < -0.3 is 10.0 Å². The van der Waals surface area contributed by atoms with Crippen LogP contribution in [-0.2, 0) is 11.8 Å². The largest absolute Gasteiger partial charge is 0.508 e. The van der Waals surface area contributed by atoms with Gasteiger partial charge in [-0.3, -0.25) is 4.90 Å². The monoisotopic (exact) mass is 433 g/mol. The number of phenolic OH excluding ortho intramolecular Hbond substituents is 1. The zero-order valence-corrected chi connectivity index (χ0v) is 18.9. The van der Waals surface area contributed by atoms with Gasteiger partial charge in [0.1, 0.15) is 5.75 Å². The number of anilines is 1. The molecule has 5 unspecified atom stereocenters. The van der Waals surface area contributed by atoms with E-state index >= 15 is 0 Å². The van der Waals surface area contributed by atoms with Gasteiger partial charge in [0.2, 0.25) is 0 Å². The molecule has 8 rings (SSSR count). The molecule has 3 saturated carbocycles. The van der Waals surface area contributed by atoms with Gasteiger partial charge in [-0.2, -0.15) is 0 Å². The van der Waals surface area contributed by atoms with E-state index in [0.29, 0.717) is 23.2 Å². The van der Waals surface area contributed by atoms with Crippen LogP contribution in [0.3, 0.4) is 0 Å². The summed E-state index contributed by atoms with van der Waals surface area (Å²) < 4.78 is 0. The summed E-state index contributed by atoms with van der Waals surface area (Å²) in [6, 6.07) is 7.72. The van der Waals surface area contributed by atoms with E-state index in [1.165, 1.54) is 80.8 Å². The molecule has 2 aromatic rings. The molecule has 1 aromatic carbocycles. The zero-order chi connectivity index (χ0) is 20.4. The first-order valence-corrected chi connectivity index (χ1v) is 13.3. The summed E-state index contributed by atoms with van der Waals surface area (Å²) in [4.78, 5) is 10.3. The average molecular weight is 434 g/mol. The van der Waals surface area contributed by atoms with Crippen molar-refractivity contribution in [3.05, 3.63) is 40.9 Å². The van der Waals surface area contributed by atoms with Gasteiger partial charge >= 0.3 is 0 Å². The third-order valence-electron chi connectivity index (χ3n) is 10.4. The number of rotatable bonds is 3. The van der Waals surface area contributed by atoms with Gasteiger partial charge in [0, 0.05) is 42.2 Å². The molecule has 162 valence electrons. The Bertz CT molecular complexity index is 1050. The SMILES string of the molecule is Oc1ccc2c(c1)C13CCN(CC4CC4)C(C2)C12CCC1C3[C@@H](CN1c1nccs1)C2. The van der Waals surface area contributed by atoms with E-state index in [2.05, 4.69) is 27.3 Å². The molecule has 6 atom stereocenters. The van der Waals surface area contributed by atoms with Crippen molar-refractivity contribution in [1.29, 1.82) is 0 Å². The average Bonchev–Trinajstić information content (AvgIpc) is 3.18. The van der Waals surface area contributed by atoms with Crippen molar-refractivity contribution in [3.8, 4) is 5.75 Å². The number of piperidine rings is 1. The fourth-order valence-electron chi connectivity index (χ4n) is 9.52. The van der Waals surface area contributed by atoms with Crippen molar-refractivity contribution in [2.75, 3.05) is 24.5 Å². The predicted molar refractivity (Wildman–Crippen MR) is 123 cm³/mol. The standard InChI is InChI=1S/C26H31N3OS/c30-19-4-3-17-11-22-25-6-5-21-23(18(13-25)15-29(21)24-27-8-10-31-24)26(25,20(17)12-19)7-9-28(22)14-16-1-2-16/h3-4,8,10,12,16,18,21-23,30H,1-2,5-7,9,11,13-15H2/t18-,21?,22?,23?,25?,26?/m1/s1. The van der Waals surface area contributed by atoms with E-state index in [-0.39, 0.29) is 5.41 Å². The first-order valence-electron chi connectivity index (χ1n) is 12.4. The maximum Gasteiger partial charge on any atom is 0.185 e. The van der Waals surface area contributed by atoms with Gasteiger partial charge in [-0.25, -0.2) is 4.98 Å². The fraction of sp³-hybridized carbons (Fsp3) is 0.654. The second-order valence-corrected chi connectivity index (χ2v) is 12.3. The Labute approximate surface area is 188 Å². The molecule has 3 heterocycles. The van der Waals surface area contributed by atoms with Crippen molar-refractivity contribution < 1.29 is 5.11 Å². The second kappa shape index (κ2) is 5.85. The van der Waals surface area contributed by atoms with Crippen LogP contribution in [-0.4, -0.2) is 46.7 Å². The molecule has 0 amide bonds. The van der Waals surface area contributed by atoms with Crippen LogP contribution in [0.15, 0.2) is 29.8 Å². The number of fused-ring (bicyclic) bond motifs is 1. The minimum absolute atomic E-state index is 0.254. The van der Waals surface area contributed by atoms with E-state index in [9.17, 15) is 5.11 Å². The zero-order valence-electron chi connectivity index (χ0n) is 18.0. The van der Waals surface area contributed by atoms with Crippen LogP contribution in [0.25, 0.3) is 0 Å². The first kappa shape index (κ1) is 17.9. The van der Waals surface area contributed by atoms with E-state index in [1.54, 1.807) is 0 Å². The minimum Gasteiger partial charge on any atom is -0.508 e. The molecule has 1 aromatic heterocycles. The molecule has 4 bridgehead atoms. The van der Waals surface area contributed by atoms with E-state index in [4.69, 9.17) is 4.98 Å². The summed E-state index contributed by atoms with van der Waals surface area (Å²) in [5.74, 6) is 2.92. The van der Waals surface area contributed by atoms with Crippen LogP contribution >= 0.6 is 11.3 Å². The highest BCUT2D eigenvalue weighted by Crippen LogP contribution is 2.75. The predicted octanol–water partition coefficient (Wildman–Crippen LogP) is 4.43. The molecule has 2 aliphatic heterocycles. The Morgan fingerprint density at radius 1 is 1.19 bits per heavy atom. The third-order valence-corrected chi connectivity index (χ3v) is 11.2. The quantitative estimate of drug-likeness (QED) is 0.777. The fourth-order valence-corrected chi connectivity index (χ4v) is 10.2. The van der Waals surface area contributed by atoms with Gasteiger partial charge in [0.05, 0.1) is 0 Å². The van der Waals surface area contributed by atoms with Crippen molar-refractivity contribution in [2.45, 2.75) is 62.4 Å². The molecule has 4 nitrogen and oxygen atoms in total. The number of likely N-dealkylation sites (tertiary alicyclic amines) is 1. The normalized spacial score (nSPS) is 42.5. The minimum atomic E-state index is 0.254. The van der Waals surface area contributed by atoms with Gasteiger partial charge in [-0.15, -0.1) is 11.3 Å². The Kier molecular flexibility index (Phi) is 3.38. The Morgan fingerprint density at radius 2 is 2.13 bits per heavy atom. The van der Waals surface area contributed by atoms with Crippen molar-refractivity contribution in [1.82, 2.24) is 9.88 Å². The highest BCUT2D eigenvalue weighted by molar-refractivity contribution is 7.13.